The molecule has 1 saturated heterocycles. The van der Waals surface area contributed by atoms with Crippen molar-refractivity contribution in [1.29, 1.82) is 0 Å². The van der Waals surface area contributed by atoms with Gasteiger partial charge in [-0.1, -0.05) is 26.0 Å². The van der Waals surface area contributed by atoms with E-state index in [9.17, 15) is 19.2 Å². The van der Waals surface area contributed by atoms with E-state index in [0.29, 0.717) is 6.42 Å². The minimum atomic E-state index is -1.04. The van der Waals surface area contributed by atoms with Crippen molar-refractivity contribution >= 4 is 23.8 Å². The molecule has 0 bridgehead atoms. The molecule has 0 aliphatic carbocycles. The van der Waals surface area contributed by atoms with Gasteiger partial charge in [0.05, 0.1) is 17.7 Å². The maximum absolute atomic E-state index is 12.9. The van der Waals surface area contributed by atoms with Gasteiger partial charge in [0.25, 0.3) is 17.7 Å². The predicted molar refractivity (Wildman–Crippen MR) is 83.2 cm³/mol. The van der Waals surface area contributed by atoms with E-state index in [1.807, 2.05) is 0 Å². The predicted octanol–water partition coefficient (Wildman–Crippen LogP) is 1.68. The van der Waals surface area contributed by atoms with Gasteiger partial charge in [-0.2, -0.15) is 0 Å². The molecule has 24 heavy (non-hydrogen) atoms. The summed E-state index contributed by atoms with van der Waals surface area (Å²) in [5.41, 5.74) is 0.560. The van der Waals surface area contributed by atoms with Crippen LogP contribution in [0.1, 0.15) is 41.0 Å². The minimum Gasteiger partial charge on any atom is -0.449 e. The molecule has 1 unspecified atom stereocenters. The van der Waals surface area contributed by atoms with Gasteiger partial charge in [0.2, 0.25) is 0 Å². The fourth-order valence-corrected chi connectivity index (χ4v) is 3.07. The molecule has 2 aliphatic heterocycles. The second-order valence-electron chi connectivity index (χ2n) is 6.17. The molecule has 2 aliphatic rings. The standard InChI is InChI=1S/C17H18N2O5/c1-10(2)13(16(22)18-8-5-9-24-17(18)23)19-14(20)11-6-3-4-7-12(11)15(19)21/h3-4,6-7,10,13H,5,8-9H2,1-2H3. The second-order valence-corrected chi connectivity index (χ2v) is 6.17. The van der Waals surface area contributed by atoms with E-state index < -0.39 is 29.9 Å². The summed E-state index contributed by atoms with van der Waals surface area (Å²) in [5, 5.41) is 0. The van der Waals surface area contributed by atoms with Crippen LogP contribution in [0, 0.1) is 5.92 Å². The molecular formula is C17H18N2O5. The van der Waals surface area contributed by atoms with Crippen LogP contribution in [-0.2, 0) is 9.53 Å². The van der Waals surface area contributed by atoms with Crippen LogP contribution >= 0.6 is 0 Å². The Hall–Kier alpha value is -2.70. The van der Waals surface area contributed by atoms with E-state index in [1.54, 1.807) is 38.1 Å². The first kappa shape index (κ1) is 16.2. The Morgan fingerprint density at radius 2 is 1.67 bits per heavy atom. The Morgan fingerprint density at radius 1 is 1.08 bits per heavy atom. The van der Waals surface area contributed by atoms with Crippen LogP contribution < -0.4 is 0 Å². The molecule has 1 atom stereocenters. The first-order valence-electron chi connectivity index (χ1n) is 7.88. The van der Waals surface area contributed by atoms with Crippen LogP contribution in [-0.4, -0.2) is 52.8 Å². The fourth-order valence-electron chi connectivity index (χ4n) is 3.07. The highest BCUT2D eigenvalue weighted by molar-refractivity contribution is 6.23. The number of benzene rings is 1. The Balaban J connectivity index is 1.95. The van der Waals surface area contributed by atoms with Crippen molar-refractivity contribution in [3.63, 3.8) is 0 Å². The number of carbonyl (C=O) groups is 4. The van der Waals surface area contributed by atoms with Crippen LogP contribution in [0.25, 0.3) is 0 Å². The summed E-state index contributed by atoms with van der Waals surface area (Å²) in [5.74, 6) is -1.93. The average Bonchev–Trinajstić information content (AvgIpc) is 2.81. The third-order valence-electron chi connectivity index (χ3n) is 4.23. The number of rotatable bonds is 3. The summed E-state index contributed by atoms with van der Waals surface area (Å²) in [6.07, 6.45) is -0.196. The Kier molecular flexibility index (Phi) is 4.09. The molecule has 4 amide bonds. The number of ether oxygens (including phenoxy) is 1. The summed E-state index contributed by atoms with van der Waals surface area (Å²) in [6, 6.07) is 5.42. The largest absolute Gasteiger partial charge is 0.449 e. The van der Waals surface area contributed by atoms with Crippen molar-refractivity contribution in [2.45, 2.75) is 26.3 Å². The number of fused-ring (bicyclic) bond motifs is 1. The normalized spacial score (nSPS) is 18.7. The maximum atomic E-state index is 12.9. The topological polar surface area (TPSA) is 84.0 Å². The van der Waals surface area contributed by atoms with Gasteiger partial charge in [0, 0.05) is 6.54 Å². The smallest absolute Gasteiger partial charge is 0.416 e. The lowest BCUT2D eigenvalue weighted by Gasteiger charge is -2.33. The van der Waals surface area contributed by atoms with Crippen LogP contribution in [0.15, 0.2) is 24.3 Å². The summed E-state index contributed by atoms with van der Waals surface area (Å²) in [7, 11) is 0. The van der Waals surface area contributed by atoms with Gasteiger partial charge in [0.15, 0.2) is 0 Å². The summed E-state index contributed by atoms with van der Waals surface area (Å²) in [4.78, 5) is 51.9. The monoisotopic (exact) mass is 330 g/mol. The molecule has 3 rings (SSSR count). The summed E-state index contributed by atoms with van der Waals surface area (Å²) in [6.45, 7) is 3.97. The van der Waals surface area contributed by atoms with E-state index in [4.69, 9.17) is 4.74 Å². The van der Waals surface area contributed by atoms with Crippen LogP contribution in [0.4, 0.5) is 4.79 Å². The molecule has 126 valence electrons. The molecule has 0 radical (unpaired) electrons. The third kappa shape index (κ3) is 2.46. The molecule has 0 N–H and O–H groups in total. The van der Waals surface area contributed by atoms with Gasteiger partial charge < -0.3 is 4.74 Å². The van der Waals surface area contributed by atoms with Crippen molar-refractivity contribution in [2.75, 3.05) is 13.2 Å². The number of hydrogen-bond donors (Lipinski definition) is 0. The Morgan fingerprint density at radius 3 is 2.17 bits per heavy atom. The SMILES string of the molecule is CC(C)C(C(=O)N1CCCOC1=O)N1C(=O)c2ccccc2C1=O. The lowest BCUT2D eigenvalue weighted by Crippen LogP contribution is -2.56. The van der Waals surface area contributed by atoms with E-state index in [2.05, 4.69) is 0 Å². The van der Waals surface area contributed by atoms with Crippen molar-refractivity contribution < 1.29 is 23.9 Å². The lowest BCUT2D eigenvalue weighted by atomic mass is 10.0. The average molecular weight is 330 g/mol. The highest BCUT2D eigenvalue weighted by atomic mass is 16.6. The van der Waals surface area contributed by atoms with E-state index in [0.717, 1.165) is 9.80 Å². The van der Waals surface area contributed by atoms with Gasteiger partial charge in [-0.15, -0.1) is 0 Å². The number of hydrogen-bond acceptors (Lipinski definition) is 5. The van der Waals surface area contributed by atoms with Crippen LogP contribution in [0.2, 0.25) is 0 Å². The molecule has 0 spiro atoms. The third-order valence-corrected chi connectivity index (χ3v) is 4.23. The Bertz CT molecular complexity index is 692. The molecule has 1 aromatic rings. The van der Waals surface area contributed by atoms with Gasteiger partial charge in [-0.25, -0.2) is 9.69 Å². The summed E-state index contributed by atoms with van der Waals surface area (Å²) >= 11 is 0. The van der Waals surface area contributed by atoms with Crippen molar-refractivity contribution in [3.8, 4) is 0 Å². The van der Waals surface area contributed by atoms with E-state index >= 15 is 0 Å². The molecule has 1 fully saturated rings. The Labute approximate surface area is 139 Å². The first-order valence-corrected chi connectivity index (χ1v) is 7.88. The van der Waals surface area contributed by atoms with Crippen LogP contribution in [0.3, 0.4) is 0 Å². The molecule has 7 nitrogen and oxygen atoms in total. The molecule has 0 saturated carbocycles. The van der Waals surface area contributed by atoms with Gasteiger partial charge in [-0.3, -0.25) is 19.3 Å². The minimum absolute atomic E-state index is 0.226. The van der Waals surface area contributed by atoms with Crippen LogP contribution in [0.5, 0.6) is 0 Å². The van der Waals surface area contributed by atoms with Crippen molar-refractivity contribution in [3.05, 3.63) is 35.4 Å². The maximum Gasteiger partial charge on any atom is 0.416 e. The number of amides is 4. The zero-order valence-corrected chi connectivity index (χ0v) is 13.5. The van der Waals surface area contributed by atoms with E-state index in [-0.39, 0.29) is 30.2 Å². The molecule has 0 aromatic heterocycles. The molecule has 7 heteroatoms. The second kappa shape index (κ2) is 6.07. The fraction of sp³-hybridized carbons (Fsp3) is 0.412. The highest BCUT2D eigenvalue weighted by Crippen LogP contribution is 2.28. The zero-order valence-electron chi connectivity index (χ0n) is 13.5. The zero-order chi connectivity index (χ0) is 17.4. The van der Waals surface area contributed by atoms with Crippen molar-refractivity contribution in [2.24, 2.45) is 5.92 Å². The van der Waals surface area contributed by atoms with E-state index in [1.165, 1.54) is 0 Å². The van der Waals surface area contributed by atoms with Gasteiger partial charge in [0.1, 0.15) is 6.04 Å². The number of carbonyl (C=O) groups excluding carboxylic acids is 4. The van der Waals surface area contributed by atoms with Crippen molar-refractivity contribution in [1.82, 2.24) is 9.80 Å². The van der Waals surface area contributed by atoms with Gasteiger partial charge in [-0.05, 0) is 24.5 Å². The number of imide groups is 2. The first-order chi connectivity index (χ1) is 11.4. The molecule has 2 heterocycles. The quantitative estimate of drug-likeness (QED) is 0.787. The number of nitrogens with zero attached hydrogens (tertiary/aromatic N) is 2. The van der Waals surface area contributed by atoms with Gasteiger partial charge >= 0.3 is 6.09 Å². The number of cyclic esters (lactones) is 1. The molecule has 1 aromatic carbocycles. The summed E-state index contributed by atoms with van der Waals surface area (Å²) < 4.78 is 4.90. The highest BCUT2D eigenvalue weighted by Gasteiger charge is 2.46. The lowest BCUT2D eigenvalue weighted by molar-refractivity contribution is -0.136. The molecular weight excluding hydrogens is 312 g/mol.